The maximum absolute atomic E-state index is 12.2. The minimum absolute atomic E-state index is 0.224. The molecule has 1 aromatic carbocycles. The van der Waals surface area contributed by atoms with E-state index >= 15 is 0 Å². The van der Waals surface area contributed by atoms with E-state index in [-0.39, 0.29) is 5.91 Å². The number of aromatic nitrogens is 3. The van der Waals surface area contributed by atoms with E-state index in [0.717, 1.165) is 36.2 Å². The molecule has 28 heavy (non-hydrogen) atoms. The van der Waals surface area contributed by atoms with Gasteiger partial charge in [-0.25, -0.2) is 9.97 Å². The third-order valence-electron chi connectivity index (χ3n) is 4.40. The molecule has 144 valence electrons. The summed E-state index contributed by atoms with van der Waals surface area (Å²) in [5.74, 6) is -0.224. The highest BCUT2D eigenvalue weighted by atomic mass is 35.5. The van der Waals surface area contributed by atoms with Gasteiger partial charge in [-0.15, -0.1) is 0 Å². The first-order valence-electron chi connectivity index (χ1n) is 9.05. The van der Waals surface area contributed by atoms with Crippen molar-refractivity contribution in [2.75, 3.05) is 6.54 Å². The number of hydrogen-bond donors (Lipinski definition) is 1. The number of aryl methyl sites for hydroxylation is 2. The fourth-order valence-electron chi connectivity index (χ4n) is 2.85. The number of halogens is 1. The Hall–Kier alpha value is -2.99. The van der Waals surface area contributed by atoms with E-state index in [1.54, 1.807) is 36.8 Å². The largest absolute Gasteiger partial charge is 0.352 e. The van der Waals surface area contributed by atoms with Gasteiger partial charge in [0.25, 0.3) is 5.91 Å². The van der Waals surface area contributed by atoms with Gasteiger partial charge in [-0.05, 0) is 37.5 Å². The summed E-state index contributed by atoms with van der Waals surface area (Å²) >= 11 is 5.97. The molecule has 0 saturated heterocycles. The van der Waals surface area contributed by atoms with Crippen molar-refractivity contribution >= 4 is 23.8 Å². The van der Waals surface area contributed by atoms with Crippen LogP contribution in [0.3, 0.4) is 0 Å². The molecule has 0 aliphatic rings. The summed E-state index contributed by atoms with van der Waals surface area (Å²) < 4.78 is 2.02. The molecule has 0 fully saturated rings. The number of hydrogen-bond acceptors (Lipinski definition) is 4. The molecule has 0 saturated carbocycles. The number of nitrogens with zero attached hydrogens (tertiary/aromatic N) is 3. The molecule has 1 amide bonds. The van der Waals surface area contributed by atoms with Crippen LogP contribution >= 0.6 is 11.6 Å². The summed E-state index contributed by atoms with van der Waals surface area (Å²) in [6.45, 7) is 3.26. The van der Waals surface area contributed by atoms with Crippen LogP contribution in [0.4, 0.5) is 0 Å². The Morgan fingerprint density at radius 1 is 1.25 bits per heavy atom. The smallest absolute Gasteiger partial charge is 0.252 e. The minimum atomic E-state index is -0.224. The third kappa shape index (κ3) is 4.84. The Labute approximate surface area is 168 Å². The standard InChI is InChI=1S/C21H21ClN4O2/c1-15-10-17(11-24-20(15)22)19-12-26(14-25-19)9-5-4-8-23-21(28)18-7-3-2-6-16(18)13-27/h2-3,6-7,10-14H,4-5,8-9H2,1H3,(H,23,28). The summed E-state index contributed by atoms with van der Waals surface area (Å²) in [7, 11) is 0. The van der Waals surface area contributed by atoms with Gasteiger partial charge in [0.2, 0.25) is 0 Å². The molecule has 0 atom stereocenters. The molecule has 0 unspecified atom stereocenters. The first kappa shape index (κ1) is 19.8. The molecule has 0 radical (unpaired) electrons. The van der Waals surface area contributed by atoms with Gasteiger partial charge in [-0.3, -0.25) is 9.59 Å². The quantitative estimate of drug-likeness (QED) is 0.355. The maximum atomic E-state index is 12.2. The van der Waals surface area contributed by atoms with Crippen LogP contribution < -0.4 is 5.32 Å². The number of carbonyl (C=O) groups is 2. The number of rotatable bonds is 8. The lowest BCUT2D eigenvalue weighted by atomic mass is 10.1. The van der Waals surface area contributed by atoms with Crippen molar-refractivity contribution in [1.82, 2.24) is 19.9 Å². The molecular weight excluding hydrogens is 376 g/mol. The lowest BCUT2D eigenvalue weighted by Crippen LogP contribution is -2.25. The normalized spacial score (nSPS) is 10.6. The summed E-state index contributed by atoms with van der Waals surface area (Å²) in [6.07, 6.45) is 7.90. The van der Waals surface area contributed by atoms with Crippen molar-refractivity contribution in [1.29, 1.82) is 0 Å². The highest BCUT2D eigenvalue weighted by Gasteiger charge is 2.09. The van der Waals surface area contributed by atoms with Gasteiger partial charge >= 0.3 is 0 Å². The topological polar surface area (TPSA) is 76.9 Å². The molecule has 0 spiro atoms. The van der Waals surface area contributed by atoms with Crippen LogP contribution in [0.25, 0.3) is 11.3 Å². The molecule has 0 aliphatic carbocycles. The Balaban J connectivity index is 1.46. The molecule has 0 bridgehead atoms. The molecule has 2 heterocycles. The number of unbranched alkanes of at least 4 members (excludes halogenated alkanes) is 1. The van der Waals surface area contributed by atoms with Crippen molar-refractivity contribution in [3.05, 3.63) is 70.9 Å². The van der Waals surface area contributed by atoms with E-state index in [9.17, 15) is 9.59 Å². The van der Waals surface area contributed by atoms with Gasteiger partial charge in [0, 0.05) is 42.2 Å². The average molecular weight is 397 g/mol. The Bertz CT molecular complexity index is 984. The highest BCUT2D eigenvalue weighted by molar-refractivity contribution is 6.30. The van der Waals surface area contributed by atoms with Crippen LogP contribution in [-0.4, -0.2) is 33.3 Å². The van der Waals surface area contributed by atoms with Gasteiger partial charge in [0.15, 0.2) is 6.29 Å². The number of carbonyl (C=O) groups excluding carboxylic acids is 2. The van der Waals surface area contributed by atoms with Crippen molar-refractivity contribution in [3.63, 3.8) is 0 Å². The second-order valence-corrected chi connectivity index (χ2v) is 6.85. The van der Waals surface area contributed by atoms with Gasteiger partial charge < -0.3 is 9.88 Å². The monoisotopic (exact) mass is 396 g/mol. The Morgan fingerprint density at radius 2 is 2.07 bits per heavy atom. The summed E-state index contributed by atoms with van der Waals surface area (Å²) in [4.78, 5) is 31.8. The molecule has 7 heteroatoms. The van der Waals surface area contributed by atoms with Crippen LogP contribution in [0.2, 0.25) is 5.15 Å². The summed E-state index contributed by atoms with van der Waals surface area (Å²) in [6, 6.07) is 8.74. The van der Waals surface area contributed by atoms with Gasteiger partial charge in [0.1, 0.15) is 5.15 Å². The lowest BCUT2D eigenvalue weighted by molar-refractivity contribution is 0.0947. The van der Waals surface area contributed by atoms with E-state index < -0.39 is 0 Å². The fourth-order valence-corrected chi connectivity index (χ4v) is 2.96. The Morgan fingerprint density at radius 3 is 2.86 bits per heavy atom. The number of aldehydes is 1. The number of benzene rings is 1. The molecule has 6 nitrogen and oxygen atoms in total. The van der Waals surface area contributed by atoms with E-state index in [1.165, 1.54) is 0 Å². The van der Waals surface area contributed by atoms with Crippen LogP contribution in [0.1, 0.15) is 39.1 Å². The number of nitrogens with one attached hydrogen (secondary N) is 1. The van der Waals surface area contributed by atoms with Gasteiger partial charge in [0.05, 0.1) is 12.0 Å². The molecular formula is C21H21ClN4O2. The molecule has 3 rings (SSSR count). The SMILES string of the molecule is Cc1cc(-c2cn(CCCCNC(=O)c3ccccc3C=O)cn2)cnc1Cl. The second kappa shape index (κ2) is 9.28. The molecule has 1 N–H and O–H groups in total. The van der Waals surface area contributed by atoms with Crippen LogP contribution in [0.15, 0.2) is 49.1 Å². The fraction of sp³-hybridized carbons (Fsp3) is 0.238. The van der Waals surface area contributed by atoms with E-state index in [4.69, 9.17) is 11.6 Å². The number of imidazole rings is 1. The summed E-state index contributed by atoms with van der Waals surface area (Å²) in [5, 5.41) is 3.36. The van der Waals surface area contributed by atoms with E-state index in [1.807, 2.05) is 23.8 Å². The number of amides is 1. The van der Waals surface area contributed by atoms with Crippen molar-refractivity contribution in [2.24, 2.45) is 0 Å². The minimum Gasteiger partial charge on any atom is -0.352 e. The lowest BCUT2D eigenvalue weighted by Gasteiger charge is -2.07. The predicted octanol–water partition coefficient (Wildman–Crippen LogP) is 3.93. The van der Waals surface area contributed by atoms with Crippen molar-refractivity contribution in [2.45, 2.75) is 26.3 Å². The van der Waals surface area contributed by atoms with Crippen LogP contribution in [0, 0.1) is 6.92 Å². The predicted molar refractivity (Wildman–Crippen MR) is 109 cm³/mol. The summed E-state index contributed by atoms with van der Waals surface area (Å²) in [5.41, 5.74) is 3.51. The van der Waals surface area contributed by atoms with Crippen LogP contribution in [0.5, 0.6) is 0 Å². The number of pyridine rings is 1. The van der Waals surface area contributed by atoms with Crippen molar-refractivity contribution < 1.29 is 9.59 Å². The molecule has 0 aliphatic heterocycles. The van der Waals surface area contributed by atoms with E-state index in [2.05, 4.69) is 15.3 Å². The first-order valence-corrected chi connectivity index (χ1v) is 9.43. The van der Waals surface area contributed by atoms with Crippen molar-refractivity contribution in [3.8, 4) is 11.3 Å². The zero-order chi connectivity index (χ0) is 19.9. The maximum Gasteiger partial charge on any atom is 0.252 e. The average Bonchev–Trinajstić information content (AvgIpc) is 3.18. The highest BCUT2D eigenvalue weighted by Crippen LogP contribution is 2.21. The third-order valence-corrected chi connectivity index (χ3v) is 4.80. The zero-order valence-corrected chi connectivity index (χ0v) is 16.3. The molecule has 3 aromatic rings. The Kier molecular flexibility index (Phi) is 6.55. The van der Waals surface area contributed by atoms with Gasteiger partial charge in [-0.1, -0.05) is 29.8 Å². The van der Waals surface area contributed by atoms with E-state index in [0.29, 0.717) is 29.1 Å². The van der Waals surface area contributed by atoms with Crippen LogP contribution in [-0.2, 0) is 6.54 Å². The first-order chi connectivity index (χ1) is 13.6. The second-order valence-electron chi connectivity index (χ2n) is 6.50. The van der Waals surface area contributed by atoms with Gasteiger partial charge in [-0.2, -0.15) is 0 Å². The molecule has 2 aromatic heterocycles. The zero-order valence-electron chi connectivity index (χ0n) is 15.6.